The molecule has 2 heterocycles. The number of hydrogen-bond acceptors (Lipinski definition) is 6. The van der Waals surface area contributed by atoms with Gasteiger partial charge in [-0.3, -0.25) is 0 Å². The molecule has 0 saturated carbocycles. The third-order valence-electron chi connectivity index (χ3n) is 2.69. The molecule has 0 aliphatic heterocycles. The first-order chi connectivity index (χ1) is 8.36. The zero-order valence-corrected chi connectivity index (χ0v) is 11.0. The first-order valence-electron chi connectivity index (χ1n) is 5.44. The number of aromatic nitrogens is 3. The van der Waals surface area contributed by atoms with Crippen LogP contribution in [-0.4, -0.2) is 27.2 Å². The van der Waals surface area contributed by atoms with Gasteiger partial charge in [0.2, 0.25) is 0 Å². The summed E-state index contributed by atoms with van der Waals surface area (Å²) in [6.45, 7) is 0. The van der Waals surface area contributed by atoms with E-state index in [9.17, 15) is 0 Å². The van der Waals surface area contributed by atoms with Gasteiger partial charge in [0.05, 0.1) is 0 Å². The second-order valence-electron chi connectivity index (χ2n) is 3.84. The summed E-state index contributed by atoms with van der Waals surface area (Å²) in [5, 5.41) is 3.47. The number of nitrogens with one attached hydrogen (secondary N) is 1. The third kappa shape index (κ3) is 2.14. The first kappa shape index (κ1) is 11.0. The molecular formula is C11H12N4S2. The maximum atomic E-state index is 4.44. The predicted octanol–water partition coefficient (Wildman–Crippen LogP) is 2.94. The van der Waals surface area contributed by atoms with Gasteiger partial charge in [0.15, 0.2) is 9.99 Å². The van der Waals surface area contributed by atoms with E-state index in [2.05, 4.69) is 32.4 Å². The largest absolute Gasteiger partial charge is 0.365 e. The zero-order chi connectivity index (χ0) is 11.7. The second kappa shape index (κ2) is 4.62. The van der Waals surface area contributed by atoms with E-state index in [0.29, 0.717) is 6.04 Å². The van der Waals surface area contributed by atoms with Gasteiger partial charge in [0.1, 0.15) is 16.8 Å². The molecule has 1 N–H and O–H groups in total. The third-order valence-corrected chi connectivity index (χ3v) is 4.73. The highest BCUT2D eigenvalue weighted by Crippen LogP contribution is 2.31. The van der Waals surface area contributed by atoms with Crippen LogP contribution in [0.25, 0.3) is 10.3 Å². The molecule has 1 aliphatic rings. The summed E-state index contributed by atoms with van der Waals surface area (Å²) >= 11 is 3.30. The maximum Gasteiger partial charge on any atom is 0.176 e. The minimum Gasteiger partial charge on any atom is -0.365 e. The van der Waals surface area contributed by atoms with Crippen molar-refractivity contribution in [3.05, 3.63) is 18.5 Å². The van der Waals surface area contributed by atoms with Crippen LogP contribution in [0.5, 0.6) is 0 Å². The molecule has 0 unspecified atom stereocenters. The van der Waals surface area contributed by atoms with Gasteiger partial charge in [0, 0.05) is 6.04 Å². The molecule has 2 aromatic rings. The number of anilines is 1. The lowest BCUT2D eigenvalue weighted by atomic mass is 10.2. The summed E-state index contributed by atoms with van der Waals surface area (Å²) < 4.78 is 2.09. The van der Waals surface area contributed by atoms with E-state index in [1.54, 1.807) is 29.4 Å². The van der Waals surface area contributed by atoms with Crippen LogP contribution in [-0.2, 0) is 0 Å². The Morgan fingerprint density at radius 1 is 1.35 bits per heavy atom. The molecule has 88 valence electrons. The quantitative estimate of drug-likeness (QED) is 0.682. The second-order valence-corrected chi connectivity index (χ2v) is 5.90. The number of thiazole rings is 1. The van der Waals surface area contributed by atoms with Gasteiger partial charge in [-0.15, -0.1) is 11.3 Å². The minimum absolute atomic E-state index is 0.466. The topological polar surface area (TPSA) is 50.7 Å². The summed E-state index contributed by atoms with van der Waals surface area (Å²) in [6.07, 6.45) is 10.2. The maximum absolute atomic E-state index is 4.44. The van der Waals surface area contributed by atoms with Crippen LogP contribution in [0, 0.1) is 0 Å². The molecule has 0 bridgehead atoms. The van der Waals surface area contributed by atoms with E-state index in [4.69, 9.17) is 0 Å². The molecule has 0 atom stereocenters. The average Bonchev–Trinajstić information content (AvgIpc) is 2.97. The Bertz CT molecular complexity index is 556. The SMILES string of the molecule is CSc1nc2ncnc(NC3CC=CC3)c2s1. The smallest absolute Gasteiger partial charge is 0.176 e. The Morgan fingerprint density at radius 2 is 2.18 bits per heavy atom. The predicted molar refractivity (Wildman–Crippen MR) is 72.8 cm³/mol. The summed E-state index contributed by atoms with van der Waals surface area (Å²) in [5.41, 5.74) is 0.794. The zero-order valence-electron chi connectivity index (χ0n) is 9.38. The molecule has 2 aromatic heterocycles. The van der Waals surface area contributed by atoms with E-state index in [-0.39, 0.29) is 0 Å². The van der Waals surface area contributed by atoms with Gasteiger partial charge < -0.3 is 5.32 Å². The van der Waals surface area contributed by atoms with E-state index in [1.807, 2.05) is 6.26 Å². The molecule has 6 heteroatoms. The van der Waals surface area contributed by atoms with Gasteiger partial charge >= 0.3 is 0 Å². The van der Waals surface area contributed by atoms with E-state index < -0.39 is 0 Å². The highest BCUT2D eigenvalue weighted by molar-refractivity contribution is 8.00. The van der Waals surface area contributed by atoms with Gasteiger partial charge in [-0.25, -0.2) is 15.0 Å². The van der Waals surface area contributed by atoms with Crippen LogP contribution in [0.1, 0.15) is 12.8 Å². The van der Waals surface area contributed by atoms with Crippen LogP contribution in [0.2, 0.25) is 0 Å². The summed E-state index contributed by atoms with van der Waals surface area (Å²) in [6, 6.07) is 0.466. The fraction of sp³-hybridized carbons (Fsp3) is 0.364. The van der Waals surface area contributed by atoms with Crippen LogP contribution in [0.3, 0.4) is 0 Å². The molecule has 0 saturated heterocycles. The molecule has 0 spiro atoms. The van der Waals surface area contributed by atoms with Crippen molar-refractivity contribution in [2.45, 2.75) is 23.2 Å². The molecule has 0 radical (unpaired) electrons. The average molecular weight is 264 g/mol. The van der Waals surface area contributed by atoms with Crippen molar-refractivity contribution in [2.75, 3.05) is 11.6 Å². The van der Waals surface area contributed by atoms with E-state index in [0.717, 1.165) is 33.3 Å². The molecular weight excluding hydrogens is 252 g/mol. The van der Waals surface area contributed by atoms with Crippen LogP contribution in [0.15, 0.2) is 22.8 Å². The molecule has 4 nitrogen and oxygen atoms in total. The molecule has 17 heavy (non-hydrogen) atoms. The van der Waals surface area contributed by atoms with E-state index in [1.165, 1.54) is 0 Å². The van der Waals surface area contributed by atoms with E-state index >= 15 is 0 Å². The molecule has 0 fully saturated rings. The van der Waals surface area contributed by atoms with Gasteiger partial charge in [-0.2, -0.15) is 0 Å². The van der Waals surface area contributed by atoms with Crippen LogP contribution >= 0.6 is 23.1 Å². The number of fused-ring (bicyclic) bond motifs is 1. The van der Waals surface area contributed by atoms with Crippen molar-refractivity contribution in [1.29, 1.82) is 0 Å². The number of nitrogens with zero attached hydrogens (tertiary/aromatic N) is 3. The Hall–Kier alpha value is -1.14. The normalized spacial score (nSPS) is 15.8. The molecule has 3 rings (SSSR count). The lowest BCUT2D eigenvalue weighted by molar-refractivity contribution is 0.782. The monoisotopic (exact) mass is 264 g/mol. The van der Waals surface area contributed by atoms with Crippen LogP contribution < -0.4 is 5.32 Å². The van der Waals surface area contributed by atoms with Gasteiger partial charge in [-0.1, -0.05) is 23.9 Å². The Morgan fingerprint density at radius 3 is 2.94 bits per heavy atom. The number of thioether (sulfide) groups is 1. The van der Waals surface area contributed by atoms with Crippen molar-refractivity contribution in [3.63, 3.8) is 0 Å². The highest BCUT2D eigenvalue weighted by atomic mass is 32.2. The van der Waals surface area contributed by atoms with Crippen molar-refractivity contribution in [3.8, 4) is 0 Å². The molecule has 1 aliphatic carbocycles. The number of rotatable bonds is 3. The van der Waals surface area contributed by atoms with Crippen molar-refractivity contribution >= 4 is 39.3 Å². The van der Waals surface area contributed by atoms with Gasteiger partial charge in [0.25, 0.3) is 0 Å². The minimum atomic E-state index is 0.466. The fourth-order valence-corrected chi connectivity index (χ4v) is 3.32. The Balaban J connectivity index is 1.94. The highest BCUT2D eigenvalue weighted by Gasteiger charge is 2.14. The standard InChI is InChI=1S/C11H12N4S2/c1-16-11-15-10-8(17-11)9(12-6-13-10)14-7-4-2-3-5-7/h2-3,6-7H,4-5H2,1H3,(H,12,13,14). The lowest BCUT2D eigenvalue weighted by Gasteiger charge is -2.12. The van der Waals surface area contributed by atoms with Crippen LogP contribution in [0.4, 0.5) is 5.82 Å². The van der Waals surface area contributed by atoms with Gasteiger partial charge in [-0.05, 0) is 19.1 Å². The summed E-state index contributed by atoms with van der Waals surface area (Å²) in [5.74, 6) is 0.918. The number of hydrogen-bond donors (Lipinski definition) is 1. The Kier molecular flexibility index (Phi) is 2.98. The Labute approximate surface area is 108 Å². The van der Waals surface area contributed by atoms with Crippen molar-refractivity contribution < 1.29 is 0 Å². The van der Waals surface area contributed by atoms with Crippen molar-refractivity contribution in [1.82, 2.24) is 15.0 Å². The molecule has 0 amide bonds. The summed E-state index contributed by atoms with van der Waals surface area (Å²) in [4.78, 5) is 13.0. The summed E-state index contributed by atoms with van der Waals surface area (Å²) in [7, 11) is 0. The molecule has 0 aromatic carbocycles. The van der Waals surface area contributed by atoms with Crippen molar-refractivity contribution in [2.24, 2.45) is 0 Å². The first-order valence-corrected chi connectivity index (χ1v) is 7.48. The lowest BCUT2D eigenvalue weighted by Crippen LogP contribution is -2.16. The fourth-order valence-electron chi connectivity index (χ4n) is 1.85.